The molecule has 4 heteroatoms. The van der Waals surface area contributed by atoms with Gasteiger partial charge >= 0.3 is 0 Å². The normalized spacial score (nSPS) is 13.3. The summed E-state index contributed by atoms with van der Waals surface area (Å²) < 4.78 is 7.42. The molecule has 0 radical (unpaired) electrons. The minimum atomic E-state index is 0.787. The van der Waals surface area contributed by atoms with E-state index in [9.17, 15) is 5.26 Å². The first-order valence-electron chi connectivity index (χ1n) is 14.0. The molecule has 0 unspecified atom stereocenters. The highest BCUT2D eigenvalue weighted by Gasteiger charge is 2.24. The minimum absolute atomic E-state index is 0.787. The van der Waals surface area contributed by atoms with E-state index in [0.29, 0.717) is 0 Å². The van der Waals surface area contributed by atoms with Gasteiger partial charge < -0.3 is 9.13 Å². The first-order valence-corrected chi connectivity index (χ1v) is 14.8. The number of thiophene rings is 1. The zero-order chi connectivity index (χ0) is 27.1. The van der Waals surface area contributed by atoms with E-state index in [1.165, 1.54) is 53.4 Å². The fraction of sp³-hybridized carbons (Fsp3) is 0.0541. The number of hydrogen-bond acceptors (Lipinski definition) is 2. The van der Waals surface area contributed by atoms with Gasteiger partial charge in [-0.3, -0.25) is 0 Å². The SMILES string of the molecule is N#CC1=CCCc2c1c1ccccc1n2-c1ccc2c(c1)c1ccccc1n2-c1ccc2sc3ccccc3c2c1. The highest BCUT2D eigenvalue weighted by molar-refractivity contribution is 7.25. The fourth-order valence-electron chi connectivity index (χ4n) is 6.91. The Balaban J connectivity index is 1.32. The Kier molecular flexibility index (Phi) is 4.67. The third-order valence-electron chi connectivity index (χ3n) is 8.63. The second kappa shape index (κ2) is 8.44. The van der Waals surface area contributed by atoms with Gasteiger partial charge in [-0.05, 0) is 67.4 Å². The van der Waals surface area contributed by atoms with E-state index in [0.717, 1.165) is 40.6 Å². The highest BCUT2D eigenvalue weighted by atomic mass is 32.1. The van der Waals surface area contributed by atoms with Crippen molar-refractivity contribution in [1.29, 1.82) is 5.26 Å². The lowest BCUT2D eigenvalue weighted by Crippen LogP contribution is -2.05. The Morgan fingerprint density at radius 3 is 2.07 bits per heavy atom. The van der Waals surface area contributed by atoms with Crippen molar-refractivity contribution in [2.24, 2.45) is 0 Å². The second-order valence-corrected chi connectivity index (χ2v) is 11.9. The molecule has 41 heavy (non-hydrogen) atoms. The average molecular weight is 542 g/mol. The van der Waals surface area contributed by atoms with E-state index < -0.39 is 0 Å². The summed E-state index contributed by atoms with van der Waals surface area (Å²) in [4.78, 5) is 0. The predicted octanol–water partition coefficient (Wildman–Crippen LogP) is 9.95. The molecule has 0 fully saturated rings. The largest absolute Gasteiger partial charge is 0.313 e. The van der Waals surface area contributed by atoms with E-state index in [1.807, 2.05) is 11.3 Å². The van der Waals surface area contributed by atoms with Gasteiger partial charge in [0.2, 0.25) is 0 Å². The Bertz CT molecular complexity index is 2440. The van der Waals surface area contributed by atoms with Gasteiger partial charge in [0.25, 0.3) is 0 Å². The van der Waals surface area contributed by atoms with Crippen LogP contribution in [0.4, 0.5) is 0 Å². The van der Waals surface area contributed by atoms with Gasteiger partial charge in [0, 0.05) is 59.0 Å². The summed E-state index contributed by atoms with van der Waals surface area (Å²) in [5.74, 6) is 0. The summed E-state index contributed by atoms with van der Waals surface area (Å²) in [6, 6.07) is 42.1. The monoisotopic (exact) mass is 541 g/mol. The van der Waals surface area contributed by atoms with Gasteiger partial charge in [-0.25, -0.2) is 0 Å². The minimum Gasteiger partial charge on any atom is -0.313 e. The van der Waals surface area contributed by atoms with Gasteiger partial charge in [-0.2, -0.15) is 5.26 Å². The van der Waals surface area contributed by atoms with Crippen LogP contribution in [0.25, 0.3) is 69.8 Å². The van der Waals surface area contributed by atoms with Crippen LogP contribution >= 0.6 is 11.3 Å². The first-order chi connectivity index (χ1) is 20.3. The van der Waals surface area contributed by atoms with Crippen LogP contribution in [0.3, 0.4) is 0 Å². The van der Waals surface area contributed by atoms with Crippen molar-refractivity contribution in [1.82, 2.24) is 9.13 Å². The molecule has 3 heterocycles. The summed E-state index contributed by atoms with van der Waals surface area (Å²) in [5, 5.41) is 16.2. The maximum atomic E-state index is 9.93. The Morgan fingerprint density at radius 1 is 0.585 bits per heavy atom. The lowest BCUT2D eigenvalue weighted by molar-refractivity contribution is 0.886. The third kappa shape index (κ3) is 3.13. The summed E-state index contributed by atoms with van der Waals surface area (Å²) in [6.45, 7) is 0. The van der Waals surface area contributed by atoms with Gasteiger partial charge in [-0.15, -0.1) is 11.3 Å². The lowest BCUT2D eigenvalue weighted by atomic mass is 9.95. The van der Waals surface area contributed by atoms with E-state index >= 15 is 0 Å². The molecule has 1 aliphatic carbocycles. The van der Waals surface area contributed by atoms with Crippen LogP contribution < -0.4 is 0 Å². The second-order valence-electron chi connectivity index (χ2n) is 10.8. The molecule has 3 nitrogen and oxygen atoms in total. The molecule has 8 aromatic rings. The van der Waals surface area contributed by atoms with Gasteiger partial charge in [0.1, 0.15) is 0 Å². The quantitative estimate of drug-likeness (QED) is 0.214. The smallest absolute Gasteiger partial charge is 0.0995 e. The molecule has 0 N–H and O–H groups in total. The number of fused-ring (bicyclic) bond motifs is 9. The van der Waals surface area contributed by atoms with Crippen LogP contribution in [0.1, 0.15) is 17.7 Å². The van der Waals surface area contributed by atoms with Crippen molar-refractivity contribution in [3.05, 3.63) is 127 Å². The molecule has 0 spiro atoms. The Hall–Kier alpha value is -5.11. The highest BCUT2D eigenvalue weighted by Crippen LogP contribution is 2.41. The van der Waals surface area contributed by atoms with Crippen molar-refractivity contribution in [2.75, 3.05) is 0 Å². The Morgan fingerprint density at radius 2 is 1.22 bits per heavy atom. The number of allylic oxidation sites excluding steroid dienone is 2. The van der Waals surface area contributed by atoms with Gasteiger partial charge in [0.05, 0.1) is 28.2 Å². The molecule has 0 saturated carbocycles. The molecule has 0 amide bonds. The zero-order valence-corrected chi connectivity index (χ0v) is 23.0. The molecule has 0 atom stereocenters. The molecular formula is C37H23N3S. The average Bonchev–Trinajstić information content (AvgIpc) is 3.68. The molecule has 5 aromatic carbocycles. The van der Waals surface area contributed by atoms with E-state index in [2.05, 4.69) is 130 Å². The number of rotatable bonds is 2. The summed E-state index contributed by atoms with van der Waals surface area (Å²) in [6.07, 6.45) is 3.89. The molecule has 192 valence electrons. The molecule has 0 aliphatic heterocycles. The Labute approximate surface area is 240 Å². The third-order valence-corrected chi connectivity index (χ3v) is 9.78. The van der Waals surface area contributed by atoms with Crippen LogP contribution in [0.15, 0.2) is 115 Å². The molecule has 9 rings (SSSR count). The molecule has 0 bridgehead atoms. The van der Waals surface area contributed by atoms with Crippen LogP contribution in [0, 0.1) is 11.3 Å². The number of hydrogen-bond donors (Lipinski definition) is 0. The predicted molar refractivity (Wildman–Crippen MR) is 172 cm³/mol. The maximum Gasteiger partial charge on any atom is 0.0995 e. The topological polar surface area (TPSA) is 33.6 Å². The maximum absolute atomic E-state index is 9.93. The number of para-hydroxylation sites is 2. The van der Waals surface area contributed by atoms with Gasteiger partial charge in [-0.1, -0.05) is 60.7 Å². The van der Waals surface area contributed by atoms with Crippen LogP contribution in [0.2, 0.25) is 0 Å². The number of aromatic nitrogens is 2. The summed E-state index contributed by atoms with van der Waals surface area (Å²) in [5.41, 5.74) is 8.96. The molecule has 0 saturated heterocycles. The van der Waals surface area contributed by atoms with Crippen molar-refractivity contribution in [3.8, 4) is 17.4 Å². The van der Waals surface area contributed by atoms with Crippen molar-refractivity contribution >= 4 is 69.8 Å². The number of nitriles is 1. The van der Waals surface area contributed by atoms with Crippen LogP contribution in [-0.2, 0) is 6.42 Å². The van der Waals surface area contributed by atoms with Crippen molar-refractivity contribution in [3.63, 3.8) is 0 Å². The van der Waals surface area contributed by atoms with E-state index in [-0.39, 0.29) is 0 Å². The summed E-state index contributed by atoms with van der Waals surface area (Å²) in [7, 11) is 0. The van der Waals surface area contributed by atoms with Gasteiger partial charge in [0.15, 0.2) is 0 Å². The van der Waals surface area contributed by atoms with Crippen LogP contribution in [0.5, 0.6) is 0 Å². The van der Waals surface area contributed by atoms with E-state index in [1.54, 1.807) is 0 Å². The van der Waals surface area contributed by atoms with Crippen molar-refractivity contribution in [2.45, 2.75) is 12.8 Å². The number of nitrogens with zero attached hydrogens (tertiary/aromatic N) is 3. The lowest BCUT2D eigenvalue weighted by Gasteiger charge is -2.15. The van der Waals surface area contributed by atoms with E-state index in [4.69, 9.17) is 0 Å². The molecular weight excluding hydrogens is 518 g/mol. The first kappa shape index (κ1) is 22.7. The molecule has 1 aliphatic rings. The number of benzene rings is 5. The summed E-state index contributed by atoms with van der Waals surface area (Å²) >= 11 is 1.85. The van der Waals surface area contributed by atoms with Crippen molar-refractivity contribution < 1.29 is 0 Å². The van der Waals surface area contributed by atoms with Crippen LogP contribution in [-0.4, -0.2) is 9.13 Å². The fourth-order valence-corrected chi connectivity index (χ4v) is 8.00. The standard InChI is InChI=1S/C37H23N3S/c38-22-23-8-7-14-34-37(23)28-11-2-5-13-32(28)40(34)24-16-18-33-29(20-24)26-9-1-4-12-31(26)39(33)25-17-19-36-30(21-25)27-10-3-6-15-35(27)41-36/h1-6,8-13,15-21H,7,14H2. The molecule has 3 aromatic heterocycles. The zero-order valence-electron chi connectivity index (χ0n) is 22.1.